The number of nitrogens with zero attached hydrogens (tertiary/aromatic N) is 6. The van der Waals surface area contributed by atoms with Crippen LogP contribution in [0.5, 0.6) is 0 Å². The van der Waals surface area contributed by atoms with E-state index in [4.69, 9.17) is 4.98 Å². The maximum Gasteiger partial charge on any atom is 0.230 e. The molecule has 5 heterocycles. The Kier molecular flexibility index (Phi) is 11.9. The van der Waals surface area contributed by atoms with Crippen molar-refractivity contribution >= 4 is 28.5 Å². The lowest BCUT2D eigenvalue weighted by molar-refractivity contribution is 0.536. The number of H-pyrrole nitrogens is 1. The van der Waals surface area contributed by atoms with Crippen molar-refractivity contribution in [2.45, 2.75) is 87.1 Å². The Morgan fingerprint density at radius 2 is 1.60 bits per heavy atom. The first-order valence-corrected chi connectivity index (χ1v) is 15.3. The minimum atomic E-state index is 0.433. The molecule has 2 fully saturated rings. The van der Waals surface area contributed by atoms with E-state index in [2.05, 4.69) is 59.3 Å². The Bertz CT molecular complexity index is 1290. The van der Waals surface area contributed by atoms with E-state index in [1.807, 2.05) is 66.9 Å². The van der Waals surface area contributed by atoms with E-state index in [0.29, 0.717) is 12.0 Å². The predicted molar refractivity (Wildman–Crippen MR) is 169 cm³/mol. The molecule has 6 rings (SSSR count). The fourth-order valence-electron chi connectivity index (χ4n) is 5.35. The van der Waals surface area contributed by atoms with Crippen LogP contribution in [0.25, 0.3) is 22.4 Å². The third-order valence-electron chi connectivity index (χ3n) is 7.11. The van der Waals surface area contributed by atoms with Crippen molar-refractivity contribution in [3.05, 3.63) is 41.9 Å². The number of fused-ring (bicyclic) bond motifs is 1. The summed E-state index contributed by atoms with van der Waals surface area (Å²) in [5, 5.41) is 15.5. The molecule has 9 nitrogen and oxygen atoms in total. The average Bonchev–Trinajstić information content (AvgIpc) is 3.77. The SMILES string of the molecule is CC.CC.CC.Cc1cc(-c2c(C)c3cnc(Nc4ccc(N5CCNCC5)cn4)nc3n2C2CCCC2)n[nH]1. The molecule has 0 radical (unpaired) electrons. The molecule has 1 aliphatic heterocycles. The van der Waals surface area contributed by atoms with E-state index >= 15 is 0 Å². The lowest BCUT2D eigenvalue weighted by atomic mass is 10.1. The first kappa shape index (κ1) is 31.1. The molecule has 0 spiro atoms. The summed E-state index contributed by atoms with van der Waals surface area (Å²) >= 11 is 0. The molecule has 1 saturated heterocycles. The smallest absolute Gasteiger partial charge is 0.230 e. The largest absolute Gasteiger partial charge is 0.368 e. The number of piperazine rings is 1. The molecule has 0 amide bonds. The summed E-state index contributed by atoms with van der Waals surface area (Å²) in [5.41, 5.74) is 6.47. The fourth-order valence-corrected chi connectivity index (χ4v) is 5.35. The quantitative estimate of drug-likeness (QED) is 0.243. The molecule has 9 heteroatoms. The lowest BCUT2D eigenvalue weighted by Crippen LogP contribution is -2.43. The van der Waals surface area contributed by atoms with Crippen molar-refractivity contribution in [3.8, 4) is 11.4 Å². The molecular weight excluding hydrogens is 498 g/mol. The molecule has 4 aromatic rings. The summed E-state index contributed by atoms with van der Waals surface area (Å²) in [6.45, 7) is 20.2. The third kappa shape index (κ3) is 6.81. The number of aryl methyl sites for hydroxylation is 2. The zero-order valence-electron chi connectivity index (χ0n) is 25.8. The van der Waals surface area contributed by atoms with Crippen LogP contribution >= 0.6 is 0 Å². The van der Waals surface area contributed by atoms with Crippen molar-refractivity contribution in [3.63, 3.8) is 0 Å². The number of aromatic amines is 1. The van der Waals surface area contributed by atoms with Gasteiger partial charge in [0.05, 0.1) is 17.6 Å². The van der Waals surface area contributed by atoms with E-state index < -0.39 is 0 Å². The number of rotatable bonds is 5. The number of nitrogens with one attached hydrogen (secondary N) is 3. The minimum Gasteiger partial charge on any atom is -0.368 e. The third-order valence-corrected chi connectivity index (χ3v) is 7.11. The van der Waals surface area contributed by atoms with Gasteiger partial charge in [-0.3, -0.25) is 5.10 Å². The first-order chi connectivity index (χ1) is 19.7. The Morgan fingerprint density at radius 3 is 2.20 bits per heavy atom. The number of pyridine rings is 1. The molecule has 0 aromatic carbocycles. The van der Waals surface area contributed by atoms with Crippen molar-refractivity contribution in [2.75, 3.05) is 36.4 Å². The van der Waals surface area contributed by atoms with Gasteiger partial charge in [0.25, 0.3) is 0 Å². The van der Waals surface area contributed by atoms with Crippen LogP contribution < -0.4 is 15.5 Å². The van der Waals surface area contributed by atoms with Crippen molar-refractivity contribution in [2.24, 2.45) is 0 Å². The zero-order chi connectivity index (χ0) is 29.1. The fraction of sp³-hybridized carbons (Fsp3) is 0.548. The van der Waals surface area contributed by atoms with Gasteiger partial charge in [-0.2, -0.15) is 10.1 Å². The van der Waals surface area contributed by atoms with E-state index in [-0.39, 0.29) is 0 Å². The van der Waals surface area contributed by atoms with Gasteiger partial charge >= 0.3 is 0 Å². The van der Waals surface area contributed by atoms with Crippen LogP contribution in [0, 0.1) is 13.8 Å². The molecule has 40 heavy (non-hydrogen) atoms. The van der Waals surface area contributed by atoms with E-state index in [1.54, 1.807) is 0 Å². The first-order valence-electron chi connectivity index (χ1n) is 15.3. The predicted octanol–water partition coefficient (Wildman–Crippen LogP) is 7.18. The number of hydrogen-bond donors (Lipinski definition) is 3. The van der Waals surface area contributed by atoms with E-state index in [1.165, 1.54) is 31.2 Å². The maximum absolute atomic E-state index is 4.99. The van der Waals surface area contributed by atoms with Gasteiger partial charge in [-0.1, -0.05) is 54.4 Å². The van der Waals surface area contributed by atoms with Gasteiger partial charge in [0.1, 0.15) is 17.2 Å². The van der Waals surface area contributed by atoms with Crippen LogP contribution in [0.2, 0.25) is 0 Å². The Balaban J connectivity index is 0.000000691. The van der Waals surface area contributed by atoms with Gasteiger partial charge in [-0.05, 0) is 50.5 Å². The van der Waals surface area contributed by atoms with Crippen molar-refractivity contribution in [1.29, 1.82) is 0 Å². The molecule has 0 atom stereocenters. The summed E-state index contributed by atoms with van der Waals surface area (Å²) in [6, 6.07) is 6.66. The maximum atomic E-state index is 4.99. The van der Waals surface area contributed by atoms with E-state index in [9.17, 15) is 0 Å². The highest BCUT2D eigenvalue weighted by Crippen LogP contribution is 2.40. The van der Waals surface area contributed by atoms with Crippen LogP contribution in [-0.4, -0.2) is 55.9 Å². The van der Waals surface area contributed by atoms with E-state index in [0.717, 1.165) is 65.8 Å². The summed E-state index contributed by atoms with van der Waals surface area (Å²) in [7, 11) is 0. The van der Waals surface area contributed by atoms with Crippen molar-refractivity contribution < 1.29 is 0 Å². The van der Waals surface area contributed by atoms with Crippen LogP contribution in [-0.2, 0) is 0 Å². The van der Waals surface area contributed by atoms with Crippen LogP contribution in [0.1, 0.15) is 84.5 Å². The summed E-state index contributed by atoms with van der Waals surface area (Å²) in [6.07, 6.45) is 8.70. The average molecular weight is 548 g/mol. The molecule has 0 unspecified atom stereocenters. The summed E-state index contributed by atoms with van der Waals surface area (Å²) in [5.74, 6) is 1.31. The summed E-state index contributed by atoms with van der Waals surface area (Å²) < 4.78 is 2.40. The van der Waals surface area contributed by atoms with Gasteiger partial charge in [0, 0.05) is 49.5 Å². The highest BCUT2D eigenvalue weighted by atomic mass is 15.2. The molecule has 1 saturated carbocycles. The Morgan fingerprint density at radius 1 is 0.900 bits per heavy atom. The second-order valence-corrected chi connectivity index (χ2v) is 9.41. The lowest BCUT2D eigenvalue weighted by Gasteiger charge is -2.29. The number of anilines is 3. The highest BCUT2D eigenvalue weighted by Gasteiger charge is 2.27. The van der Waals surface area contributed by atoms with Gasteiger partial charge in [-0.25, -0.2) is 9.97 Å². The van der Waals surface area contributed by atoms with Gasteiger partial charge in [0.2, 0.25) is 5.95 Å². The molecule has 1 aliphatic carbocycles. The molecular formula is C31H49N9. The van der Waals surface area contributed by atoms with Crippen LogP contribution in [0.15, 0.2) is 30.6 Å². The topological polar surface area (TPSA) is 99.6 Å². The highest BCUT2D eigenvalue weighted by molar-refractivity contribution is 5.89. The van der Waals surface area contributed by atoms with Gasteiger partial charge in [0.15, 0.2) is 0 Å². The van der Waals surface area contributed by atoms with Gasteiger partial charge in [-0.15, -0.1) is 0 Å². The van der Waals surface area contributed by atoms with Crippen LogP contribution in [0.3, 0.4) is 0 Å². The zero-order valence-corrected chi connectivity index (χ0v) is 25.8. The number of aromatic nitrogens is 6. The van der Waals surface area contributed by atoms with Crippen molar-refractivity contribution in [1.82, 2.24) is 35.0 Å². The molecule has 3 N–H and O–H groups in total. The number of hydrogen-bond acceptors (Lipinski definition) is 7. The standard InChI is InChI=1S/C25H31N9.3C2H6/c1-16-13-21(32-31-16)23-17(2)20-15-28-25(30-24(20)34(23)18-5-3-4-6-18)29-22-8-7-19(14-27-22)33-11-9-26-10-12-33;3*1-2/h7-8,13-15,18,26H,3-6,9-12H2,1-2H3,(H,31,32)(H,27,28,29,30);3*1-2H3. The second-order valence-electron chi connectivity index (χ2n) is 9.41. The second kappa shape index (κ2) is 15.4. The monoisotopic (exact) mass is 547 g/mol. The molecule has 0 bridgehead atoms. The normalized spacial score (nSPS) is 14.9. The Hall–Kier alpha value is -3.46. The Labute approximate surface area is 240 Å². The molecule has 2 aliphatic rings. The summed E-state index contributed by atoms with van der Waals surface area (Å²) in [4.78, 5) is 16.6. The minimum absolute atomic E-state index is 0.433. The van der Waals surface area contributed by atoms with Crippen LogP contribution in [0.4, 0.5) is 17.5 Å². The molecule has 4 aromatic heterocycles. The van der Waals surface area contributed by atoms with Gasteiger partial charge < -0.3 is 20.1 Å². The molecule has 218 valence electrons.